The Morgan fingerprint density at radius 2 is 0.618 bits per heavy atom. The molecule has 0 aliphatic rings. The summed E-state index contributed by atoms with van der Waals surface area (Å²) in [5.41, 5.74) is 21.1. The van der Waals surface area contributed by atoms with Gasteiger partial charge in [-0.25, -0.2) is 0 Å². The molecule has 0 unspecified atom stereocenters. The van der Waals surface area contributed by atoms with Crippen molar-refractivity contribution in [3.63, 3.8) is 0 Å². The van der Waals surface area contributed by atoms with E-state index in [1.54, 1.807) is 0 Å². The van der Waals surface area contributed by atoms with Gasteiger partial charge < -0.3 is 9.47 Å². The van der Waals surface area contributed by atoms with E-state index in [0.717, 1.165) is 33.9 Å². The van der Waals surface area contributed by atoms with Gasteiger partial charge in [-0.2, -0.15) is 0 Å². The predicted molar refractivity (Wildman–Crippen MR) is 288 cm³/mol. The second-order valence-electron chi connectivity index (χ2n) is 17.3. The third-order valence-electron chi connectivity index (χ3n) is 13.2. The molecular weight excluding hydrogens is 821 g/mol. The number of benzene rings is 11. The highest BCUT2D eigenvalue weighted by molar-refractivity contribution is 6.16. The average Bonchev–Trinajstić information content (AvgIpc) is 3.77. The summed E-state index contributed by atoms with van der Waals surface area (Å²) in [7, 11) is 0. The van der Waals surface area contributed by atoms with Gasteiger partial charge in [-0.1, -0.05) is 200 Å². The molecule has 0 saturated carbocycles. The monoisotopic (exact) mass is 866 g/mol. The molecule has 0 spiro atoms. The first kappa shape index (κ1) is 40.5. The number of hydrogen-bond donors (Lipinski definition) is 0. The van der Waals surface area contributed by atoms with Crippen LogP contribution in [0, 0.1) is 0 Å². The van der Waals surface area contributed by atoms with Gasteiger partial charge in [0.1, 0.15) is 0 Å². The maximum atomic E-state index is 2.39. The van der Waals surface area contributed by atoms with Gasteiger partial charge in [0.2, 0.25) is 0 Å². The Kier molecular flexibility index (Phi) is 10.6. The van der Waals surface area contributed by atoms with Crippen LogP contribution in [0.5, 0.6) is 0 Å². The highest BCUT2D eigenvalue weighted by atomic mass is 15.1. The van der Waals surface area contributed by atoms with E-state index in [9.17, 15) is 0 Å². The molecule has 1 aromatic heterocycles. The predicted octanol–water partition coefficient (Wildman–Crippen LogP) is 18.3. The Morgan fingerprint density at radius 3 is 1.18 bits per heavy atom. The van der Waals surface area contributed by atoms with Crippen LogP contribution in [-0.2, 0) is 0 Å². The molecule has 0 radical (unpaired) electrons. The number of aromatic nitrogens is 1. The smallest absolute Gasteiger partial charge is 0.0547 e. The number of para-hydroxylation sites is 2. The van der Waals surface area contributed by atoms with Gasteiger partial charge in [-0.15, -0.1) is 0 Å². The van der Waals surface area contributed by atoms with Crippen LogP contribution in [0.15, 0.2) is 279 Å². The molecule has 0 bridgehead atoms. The fourth-order valence-electron chi connectivity index (χ4n) is 9.88. The van der Waals surface area contributed by atoms with Crippen molar-refractivity contribution in [2.45, 2.75) is 0 Å². The largest absolute Gasteiger partial charge is 0.310 e. The van der Waals surface area contributed by atoms with Crippen molar-refractivity contribution >= 4 is 38.9 Å². The molecular formula is C66H46N2. The summed E-state index contributed by atoms with van der Waals surface area (Å²) in [6.45, 7) is 0. The summed E-state index contributed by atoms with van der Waals surface area (Å²) in [4.78, 5) is 2.38. The zero-order valence-electron chi connectivity index (χ0n) is 37.5. The Labute approximate surface area is 397 Å². The number of rotatable bonds is 10. The van der Waals surface area contributed by atoms with Crippen LogP contribution in [0.2, 0.25) is 0 Å². The van der Waals surface area contributed by atoms with Gasteiger partial charge in [0.25, 0.3) is 0 Å². The molecule has 320 valence electrons. The fourth-order valence-corrected chi connectivity index (χ4v) is 9.88. The van der Waals surface area contributed by atoms with Crippen LogP contribution in [0.25, 0.3) is 94.3 Å². The van der Waals surface area contributed by atoms with E-state index in [0.29, 0.717) is 0 Å². The van der Waals surface area contributed by atoms with E-state index >= 15 is 0 Å². The Morgan fingerprint density at radius 1 is 0.235 bits per heavy atom. The Hall–Kier alpha value is -8.98. The van der Waals surface area contributed by atoms with Gasteiger partial charge >= 0.3 is 0 Å². The summed E-state index contributed by atoms with van der Waals surface area (Å²) in [6.07, 6.45) is 0. The fraction of sp³-hybridized carbons (Fsp3) is 0. The van der Waals surface area contributed by atoms with Crippen molar-refractivity contribution in [1.29, 1.82) is 0 Å². The van der Waals surface area contributed by atoms with Crippen LogP contribution in [0.4, 0.5) is 17.1 Å². The molecule has 0 N–H and O–H groups in total. The molecule has 0 amide bonds. The molecule has 2 nitrogen and oxygen atoms in total. The molecule has 0 saturated heterocycles. The minimum absolute atomic E-state index is 1.08. The van der Waals surface area contributed by atoms with Crippen molar-refractivity contribution in [3.05, 3.63) is 279 Å². The topological polar surface area (TPSA) is 8.17 Å². The summed E-state index contributed by atoms with van der Waals surface area (Å²) >= 11 is 0. The lowest BCUT2D eigenvalue weighted by atomic mass is 9.95. The molecule has 68 heavy (non-hydrogen) atoms. The van der Waals surface area contributed by atoms with Crippen LogP contribution >= 0.6 is 0 Å². The summed E-state index contributed by atoms with van der Waals surface area (Å²) in [6, 6.07) is 101. The van der Waals surface area contributed by atoms with E-state index in [1.807, 2.05) is 0 Å². The van der Waals surface area contributed by atoms with Crippen molar-refractivity contribution in [2.24, 2.45) is 0 Å². The van der Waals surface area contributed by atoms with Crippen molar-refractivity contribution in [1.82, 2.24) is 4.57 Å². The normalized spacial score (nSPS) is 11.2. The van der Waals surface area contributed by atoms with E-state index < -0.39 is 0 Å². The summed E-state index contributed by atoms with van der Waals surface area (Å²) < 4.78 is 2.39. The highest BCUT2D eigenvalue weighted by Crippen LogP contribution is 2.42. The molecule has 0 aliphatic heterocycles. The third-order valence-corrected chi connectivity index (χ3v) is 13.2. The van der Waals surface area contributed by atoms with Gasteiger partial charge in [0, 0.05) is 33.5 Å². The van der Waals surface area contributed by atoms with Crippen LogP contribution in [0.3, 0.4) is 0 Å². The maximum absolute atomic E-state index is 2.39. The number of hydrogen-bond acceptors (Lipinski definition) is 1. The van der Waals surface area contributed by atoms with E-state index in [-0.39, 0.29) is 0 Å². The third kappa shape index (κ3) is 7.74. The number of anilines is 3. The lowest BCUT2D eigenvalue weighted by Crippen LogP contribution is -2.10. The Bertz CT molecular complexity index is 3580. The molecule has 1 heterocycles. The van der Waals surface area contributed by atoms with Gasteiger partial charge in [-0.3, -0.25) is 0 Å². The van der Waals surface area contributed by atoms with Crippen LogP contribution < -0.4 is 4.90 Å². The van der Waals surface area contributed by atoms with Gasteiger partial charge in [-0.05, 0) is 146 Å². The zero-order valence-corrected chi connectivity index (χ0v) is 37.5. The van der Waals surface area contributed by atoms with Crippen molar-refractivity contribution < 1.29 is 0 Å². The lowest BCUT2D eigenvalue weighted by Gasteiger charge is -2.26. The molecule has 0 atom stereocenters. The molecule has 12 rings (SSSR count). The number of fused-ring (bicyclic) bond motifs is 3. The van der Waals surface area contributed by atoms with Crippen LogP contribution in [-0.4, -0.2) is 4.57 Å². The van der Waals surface area contributed by atoms with E-state index in [1.165, 1.54) is 77.4 Å². The first-order valence-corrected chi connectivity index (χ1v) is 23.3. The zero-order chi connectivity index (χ0) is 45.2. The van der Waals surface area contributed by atoms with Crippen molar-refractivity contribution in [3.8, 4) is 72.4 Å². The highest BCUT2D eigenvalue weighted by Gasteiger charge is 2.18. The molecule has 12 aromatic rings. The molecule has 0 aliphatic carbocycles. The second-order valence-corrected chi connectivity index (χ2v) is 17.3. The Balaban J connectivity index is 0.933. The minimum atomic E-state index is 1.08. The quantitative estimate of drug-likeness (QED) is 0.133. The summed E-state index contributed by atoms with van der Waals surface area (Å²) in [5, 5.41) is 2.50. The number of nitrogens with zero attached hydrogens (tertiary/aromatic N) is 2. The SMILES string of the molecule is c1ccc(-c2cccc(-c3ccc(N(c4ccc(-c5cccc(-c6ccccc6)c5)cc4)c4cccc(-c5cccc(-c6cccc7c6c6ccccc6n7-c6ccccc6)c5)c4)cc3)c2)cc1. The first-order valence-electron chi connectivity index (χ1n) is 23.3. The molecule has 11 aromatic carbocycles. The minimum Gasteiger partial charge on any atom is -0.310 e. The second kappa shape index (κ2) is 17.8. The average molecular weight is 867 g/mol. The van der Waals surface area contributed by atoms with Crippen LogP contribution in [0.1, 0.15) is 0 Å². The molecule has 2 heteroatoms. The van der Waals surface area contributed by atoms with Gasteiger partial charge in [0.15, 0.2) is 0 Å². The lowest BCUT2D eigenvalue weighted by molar-refractivity contribution is 1.18. The van der Waals surface area contributed by atoms with E-state index in [2.05, 4.69) is 289 Å². The first-order chi connectivity index (χ1) is 33.7. The summed E-state index contributed by atoms with van der Waals surface area (Å²) in [5.74, 6) is 0. The van der Waals surface area contributed by atoms with E-state index in [4.69, 9.17) is 0 Å². The van der Waals surface area contributed by atoms with Crippen molar-refractivity contribution in [2.75, 3.05) is 4.90 Å². The van der Waals surface area contributed by atoms with Gasteiger partial charge in [0.05, 0.1) is 11.0 Å². The maximum Gasteiger partial charge on any atom is 0.0547 e. The molecule has 0 fully saturated rings. The standard InChI is InChI=1S/C66H46N2/c1-4-17-47(18-5-1)51-21-12-23-53(43-51)49-35-39-59(40-36-49)67(60-41-37-50(38-42-60)54-24-13-22-52(44-54)48-19-6-2-7-20-48)61-30-15-26-56(46-61)55-25-14-27-57(45-55)62-32-16-34-65-66(62)63-31-10-11-33-64(63)68(65)58-28-8-3-9-29-58/h1-46H.